The van der Waals surface area contributed by atoms with E-state index in [0.29, 0.717) is 13.2 Å². The van der Waals surface area contributed by atoms with Crippen molar-refractivity contribution in [3.05, 3.63) is 66.2 Å². The summed E-state index contributed by atoms with van der Waals surface area (Å²) in [5.74, 6) is -3.65. The molecule has 0 bridgehead atoms. The van der Waals surface area contributed by atoms with E-state index in [1.165, 1.54) is 5.56 Å². The Morgan fingerprint density at radius 2 is 1.49 bits per heavy atom. The van der Waals surface area contributed by atoms with Crippen molar-refractivity contribution in [3.63, 3.8) is 0 Å². The Morgan fingerprint density at radius 3 is 1.97 bits per heavy atom. The fraction of sp³-hybridized carbons (Fsp3) is 0.423. The van der Waals surface area contributed by atoms with Gasteiger partial charge in [-0.05, 0) is 43.9 Å². The van der Waals surface area contributed by atoms with Gasteiger partial charge in [0, 0.05) is 32.4 Å². The summed E-state index contributed by atoms with van der Waals surface area (Å²) in [7, 11) is 1.71. The molecule has 1 amide bonds. The number of likely N-dealkylation sites (tertiary alicyclic amines) is 1. The van der Waals surface area contributed by atoms with Crippen LogP contribution < -0.4 is 4.90 Å². The fourth-order valence-electron chi connectivity index (χ4n) is 4.16. The summed E-state index contributed by atoms with van der Waals surface area (Å²) in [5, 5.41) is 14.8. The molecule has 2 N–H and O–H groups in total. The third-order valence-electron chi connectivity index (χ3n) is 5.88. The van der Waals surface area contributed by atoms with E-state index in [9.17, 15) is 4.79 Å². The zero-order chi connectivity index (χ0) is 25.7. The SMILES string of the molecule is CCOC(=O)N(c1ccccc1)C1(COC)CCN(CCc2ccccc2)CC1.O=C(O)C(=O)O. The van der Waals surface area contributed by atoms with Crippen LogP contribution in [0.2, 0.25) is 0 Å². The zero-order valence-electron chi connectivity index (χ0n) is 20.3. The second-order valence-electron chi connectivity index (χ2n) is 8.21. The minimum Gasteiger partial charge on any atom is -0.473 e. The number of carbonyl (C=O) groups excluding carboxylic acids is 1. The highest BCUT2D eigenvalue weighted by Crippen LogP contribution is 2.34. The van der Waals surface area contributed by atoms with Gasteiger partial charge in [0.25, 0.3) is 0 Å². The first-order valence-electron chi connectivity index (χ1n) is 11.6. The van der Waals surface area contributed by atoms with Crippen LogP contribution >= 0.6 is 0 Å². The molecule has 3 rings (SSSR count). The number of aliphatic carboxylic acids is 2. The number of benzene rings is 2. The Kier molecular flexibility index (Phi) is 11.2. The van der Waals surface area contributed by atoms with Gasteiger partial charge in [-0.2, -0.15) is 0 Å². The average Bonchev–Trinajstić information content (AvgIpc) is 2.86. The second-order valence-corrected chi connectivity index (χ2v) is 8.21. The molecule has 0 spiro atoms. The molecule has 0 aromatic heterocycles. The summed E-state index contributed by atoms with van der Waals surface area (Å²) < 4.78 is 11.0. The van der Waals surface area contributed by atoms with Gasteiger partial charge in [0.05, 0.1) is 18.8 Å². The first kappa shape index (κ1) is 27.8. The highest BCUT2D eigenvalue weighted by Gasteiger charge is 2.44. The predicted octanol–water partition coefficient (Wildman–Crippen LogP) is 3.53. The number of carboxylic acids is 2. The number of ether oxygens (including phenoxy) is 2. The molecule has 1 aliphatic rings. The van der Waals surface area contributed by atoms with Gasteiger partial charge in [-0.15, -0.1) is 0 Å². The van der Waals surface area contributed by atoms with E-state index in [0.717, 1.165) is 44.6 Å². The van der Waals surface area contributed by atoms with E-state index >= 15 is 0 Å². The van der Waals surface area contributed by atoms with Gasteiger partial charge in [0.15, 0.2) is 0 Å². The van der Waals surface area contributed by atoms with E-state index < -0.39 is 17.5 Å². The molecule has 1 saturated heterocycles. The van der Waals surface area contributed by atoms with Gasteiger partial charge in [0.2, 0.25) is 0 Å². The molecule has 190 valence electrons. The van der Waals surface area contributed by atoms with Gasteiger partial charge in [-0.25, -0.2) is 14.4 Å². The van der Waals surface area contributed by atoms with Gasteiger partial charge >= 0.3 is 18.0 Å². The molecular weight excluding hydrogens is 452 g/mol. The van der Waals surface area contributed by atoms with Crippen molar-refractivity contribution in [2.24, 2.45) is 0 Å². The number of rotatable bonds is 8. The molecule has 9 nitrogen and oxygen atoms in total. The van der Waals surface area contributed by atoms with Crippen molar-refractivity contribution in [3.8, 4) is 0 Å². The van der Waals surface area contributed by atoms with Gasteiger partial charge in [-0.3, -0.25) is 4.90 Å². The molecular formula is C26H34N2O7. The average molecular weight is 487 g/mol. The number of piperidine rings is 1. The van der Waals surface area contributed by atoms with Gasteiger partial charge in [0.1, 0.15) is 0 Å². The normalized spacial score (nSPS) is 14.8. The lowest BCUT2D eigenvalue weighted by Gasteiger charge is -2.47. The van der Waals surface area contributed by atoms with Crippen molar-refractivity contribution in [1.82, 2.24) is 4.90 Å². The topological polar surface area (TPSA) is 117 Å². The van der Waals surface area contributed by atoms with E-state index in [1.54, 1.807) is 7.11 Å². The lowest BCUT2D eigenvalue weighted by atomic mass is 9.85. The minimum absolute atomic E-state index is 0.298. The third kappa shape index (κ3) is 8.38. The van der Waals surface area contributed by atoms with E-state index in [2.05, 4.69) is 35.2 Å². The van der Waals surface area contributed by atoms with E-state index in [-0.39, 0.29) is 6.09 Å². The zero-order valence-corrected chi connectivity index (χ0v) is 20.3. The molecule has 0 aliphatic carbocycles. The Labute approximate surface area is 205 Å². The minimum atomic E-state index is -1.82. The summed E-state index contributed by atoms with van der Waals surface area (Å²) in [6.45, 7) is 5.58. The van der Waals surface area contributed by atoms with Crippen LogP contribution in [0.25, 0.3) is 0 Å². The number of carbonyl (C=O) groups is 3. The standard InChI is InChI=1S/C24H32N2O3.C2H2O4/c1-3-29-23(27)26(22-12-8-5-9-13-22)24(20-28-2)15-18-25(19-16-24)17-14-21-10-6-4-7-11-21;3-1(4)2(5)6/h4-13H,3,14-20H2,1-2H3;(H,3,4)(H,5,6). The molecule has 0 saturated carbocycles. The number of hydrogen-bond acceptors (Lipinski definition) is 6. The maximum Gasteiger partial charge on any atom is 0.414 e. The van der Waals surface area contributed by atoms with Gasteiger partial charge in [-0.1, -0.05) is 48.5 Å². The summed E-state index contributed by atoms with van der Waals surface area (Å²) in [6.07, 6.45) is 2.44. The van der Waals surface area contributed by atoms with Crippen LogP contribution in [0, 0.1) is 0 Å². The largest absolute Gasteiger partial charge is 0.473 e. The first-order chi connectivity index (χ1) is 16.8. The van der Waals surface area contributed by atoms with E-state index in [4.69, 9.17) is 29.3 Å². The number of anilines is 1. The number of amides is 1. The van der Waals surface area contributed by atoms with Crippen LogP contribution in [0.4, 0.5) is 10.5 Å². The maximum atomic E-state index is 12.9. The number of methoxy groups -OCH3 is 1. The molecule has 2 aromatic carbocycles. The summed E-state index contributed by atoms with van der Waals surface area (Å²) in [5.41, 5.74) is 1.82. The molecule has 35 heavy (non-hydrogen) atoms. The van der Waals surface area contributed by atoms with Crippen molar-refractivity contribution in [1.29, 1.82) is 0 Å². The van der Waals surface area contributed by atoms with Crippen molar-refractivity contribution < 1.29 is 34.1 Å². The summed E-state index contributed by atoms with van der Waals surface area (Å²) in [4.78, 5) is 35.5. The van der Waals surface area contributed by atoms with Crippen LogP contribution in [-0.4, -0.2) is 78.6 Å². The smallest absolute Gasteiger partial charge is 0.414 e. The number of hydrogen-bond donors (Lipinski definition) is 2. The van der Waals surface area contributed by atoms with Crippen LogP contribution in [0.1, 0.15) is 25.3 Å². The molecule has 9 heteroatoms. The number of nitrogens with zero attached hydrogens (tertiary/aromatic N) is 2. The fourth-order valence-corrected chi connectivity index (χ4v) is 4.16. The van der Waals surface area contributed by atoms with Crippen LogP contribution in [0.5, 0.6) is 0 Å². The van der Waals surface area contributed by atoms with Crippen molar-refractivity contribution >= 4 is 23.7 Å². The lowest BCUT2D eigenvalue weighted by molar-refractivity contribution is -0.159. The summed E-state index contributed by atoms with van der Waals surface area (Å²) in [6, 6.07) is 20.4. The first-order valence-corrected chi connectivity index (χ1v) is 11.6. The second kappa shape index (κ2) is 14.1. The Balaban J connectivity index is 0.000000641. The predicted molar refractivity (Wildman–Crippen MR) is 132 cm³/mol. The molecule has 0 unspecified atom stereocenters. The highest BCUT2D eigenvalue weighted by molar-refractivity contribution is 6.27. The van der Waals surface area contributed by atoms with E-state index in [1.807, 2.05) is 42.2 Å². The molecule has 2 aromatic rings. The Morgan fingerprint density at radius 1 is 0.943 bits per heavy atom. The maximum absolute atomic E-state index is 12.9. The number of carboxylic acid groups (broad SMARTS) is 2. The summed E-state index contributed by atoms with van der Waals surface area (Å²) >= 11 is 0. The lowest BCUT2D eigenvalue weighted by Crippen LogP contribution is -2.60. The molecule has 0 radical (unpaired) electrons. The van der Waals surface area contributed by atoms with Crippen molar-refractivity contribution in [2.75, 3.05) is 44.9 Å². The molecule has 0 atom stereocenters. The Bertz CT molecular complexity index is 917. The molecule has 1 fully saturated rings. The van der Waals surface area contributed by atoms with Crippen molar-refractivity contribution in [2.45, 2.75) is 31.7 Å². The third-order valence-corrected chi connectivity index (χ3v) is 5.88. The number of para-hydroxylation sites is 1. The van der Waals surface area contributed by atoms with Crippen LogP contribution in [0.15, 0.2) is 60.7 Å². The van der Waals surface area contributed by atoms with Crippen LogP contribution in [-0.2, 0) is 25.5 Å². The monoisotopic (exact) mass is 486 g/mol. The Hall–Kier alpha value is -3.43. The molecule has 1 aliphatic heterocycles. The quantitative estimate of drug-likeness (QED) is 0.545. The highest BCUT2D eigenvalue weighted by atomic mass is 16.6. The van der Waals surface area contributed by atoms with Crippen LogP contribution in [0.3, 0.4) is 0 Å². The van der Waals surface area contributed by atoms with Gasteiger partial charge < -0.3 is 24.6 Å². The molecule has 1 heterocycles.